The van der Waals surface area contributed by atoms with Gasteiger partial charge < -0.3 is 4.74 Å². The van der Waals surface area contributed by atoms with E-state index in [0.29, 0.717) is 26.3 Å². The third kappa shape index (κ3) is 4.04. The highest BCUT2D eigenvalue weighted by atomic mass is 32.2. The van der Waals surface area contributed by atoms with Crippen LogP contribution >= 0.6 is 0 Å². The van der Waals surface area contributed by atoms with Gasteiger partial charge in [0.2, 0.25) is 10.0 Å². The van der Waals surface area contributed by atoms with E-state index in [4.69, 9.17) is 4.74 Å². The molecule has 0 aromatic rings. The van der Waals surface area contributed by atoms with E-state index < -0.39 is 10.0 Å². The lowest BCUT2D eigenvalue weighted by Crippen LogP contribution is -2.39. The average Bonchev–Trinajstić information content (AvgIpc) is 2.08. The number of nitrogens with zero attached hydrogens (tertiary/aromatic N) is 1. The summed E-state index contributed by atoms with van der Waals surface area (Å²) in [5, 5.41) is 0. The van der Waals surface area contributed by atoms with Gasteiger partial charge in [-0.05, 0) is 0 Å². The third-order valence-electron chi connectivity index (χ3n) is 1.44. The highest BCUT2D eigenvalue weighted by Gasteiger charge is 2.18. The summed E-state index contributed by atoms with van der Waals surface area (Å²) in [5.41, 5.74) is 0. The van der Waals surface area contributed by atoms with E-state index in [1.807, 2.05) is 13.8 Å². The fourth-order valence-electron chi connectivity index (χ4n) is 0.878. The lowest BCUT2D eigenvalue weighted by atomic mass is 10.5. The van der Waals surface area contributed by atoms with Crippen LogP contribution in [-0.4, -0.2) is 45.3 Å². The molecule has 1 aliphatic heterocycles. The van der Waals surface area contributed by atoms with Crippen molar-refractivity contribution in [2.24, 2.45) is 0 Å². The Hall–Kier alpha value is -0.130. The van der Waals surface area contributed by atoms with Gasteiger partial charge >= 0.3 is 0 Å². The van der Waals surface area contributed by atoms with E-state index in [1.54, 1.807) is 0 Å². The summed E-state index contributed by atoms with van der Waals surface area (Å²) in [7, 11) is -2.97. The Kier molecular flexibility index (Phi) is 5.44. The number of ether oxygens (including phenoxy) is 1. The molecule has 1 heterocycles. The highest BCUT2D eigenvalue weighted by molar-refractivity contribution is 7.88. The van der Waals surface area contributed by atoms with Crippen molar-refractivity contribution in [1.29, 1.82) is 0 Å². The maximum Gasteiger partial charge on any atom is 0.211 e. The molecule has 0 aliphatic carbocycles. The second-order valence-corrected chi connectivity index (χ2v) is 4.26. The molecule has 1 saturated heterocycles. The van der Waals surface area contributed by atoms with E-state index in [-0.39, 0.29) is 0 Å². The molecular formula is C7H17NO3S. The molecule has 74 valence electrons. The quantitative estimate of drug-likeness (QED) is 0.605. The third-order valence-corrected chi connectivity index (χ3v) is 2.74. The predicted molar refractivity (Wildman–Crippen MR) is 48.6 cm³/mol. The minimum Gasteiger partial charge on any atom is -0.379 e. The van der Waals surface area contributed by atoms with Gasteiger partial charge in [0, 0.05) is 13.1 Å². The molecule has 1 aliphatic rings. The number of rotatable bonds is 1. The second kappa shape index (κ2) is 5.50. The SMILES string of the molecule is CC.CS(=O)(=O)N1CCOCC1. The Morgan fingerprint density at radius 1 is 1.17 bits per heavy atom. The summed E-state index contributed by atoms with van der Waals surface area (Å²) in [6.45, 7) is 6.04. The molecule has 5 heteroatoms. The Morgan fingerprint density at radius 3 is 1.83 bits per heavy atom. The molecule has 1 fully saturated rings. The van der Waals surface area contributed by atoms with Crippen molar-refractivity contribution in [3.05, 3.63) is 0 Å². The zero-order chi connectivity index (χ0) is 9.61. The van der Waals surface area contributed by atoms with Gasteiger partial charge in [-0.1, -0.05) is 13.8 Å². The number of hydrogen-bond acceptors (Lipinski definition) is 3. The van der Waals surface area contributed by atoms with Crippen molar-refractivity contribution in [2.45, 2.75) is 13.8 Å². The zero-order valence-electron chi connectivity index (χ0n) is 7.91. The molecule has 4 nitrogen and oxygen atoms in total. The molecule has 1 rings (SSSR count). The first kappa shape index (κ1) is 11.9. The summed E-state index contributed by atoms with van der Waals surface area (Å²) in [5.74, 6) is 0. The molecule has 0 radical (unpaired) electrons. The largest absolute Gasteiger partial charge is 0.379 e. The summed E-state index contributed by atoms with van der Waals surface area (Å²) in [6.07, 6.45) is 1.22. The lowest BCUT2D eigenvalue weighted by Gasteiger charge is -2.23. The summed E-state index contributed by atoms with van der Waals surface area (Å²) in [6, 6.07) is 0. The normalized spacial score (nSPS) is 19.6. The Morgan fingerprint density at radius 2 is 1.58 bits per heavy atom. The Balaban J connectivity index is 0.000000561. The van der Waals surface area contributed by atoms with Gasteiger partial charge in [-0.3, -0.25) is 0 Å². The fourth-order valence-corrected chi connectivity index (χ4v) is 1.69. The molecular weight excluding hydrogens is 178 g/mol. The topological polar surface area (TPSA) is 46.6 Å². The summed E-state index contributed by atoms with van der Waals surface area (Å²) in [4.78, 5) is 0. The Labute approximate surface area is 74.6 Å². The molecule has 0 unspecified atom stereocenters. The van der Waals surface area contributed by atoms with Gasteiger partial charge in [-0.25, -0.2) is 8.42 Å². The van der Waals surface area contributed by atoms with E-state index in [2.05, 4.69) is 0 Å². The van der Waals surface area contributed by atoms with Crippen LogP contribution in [0, 0.1) is 0 Å². The second-order valence-electron chi connectivity index (χ2n) is 2.27. The molecule has 0 aromatic heterocycles. The van der Waals surface area contributed by atoms with E-state index in [9.17, 15) is 8.42 Å². The van der Waals surface area contributed by atoms with Crippen LogP contribution in [0.25, 0.3) is 0 Å². The van der Waals surface area contributed by atoms with Crippen molar-refractivity contribution in [2.75, 3.05) is 32.6 Å². The van der Waals surface area contributed by atoms with Crippen LogP contribution in [0.2, 0.25) is 0 Å². The van der Waals surface area contributed by atoms with Crippen LogP contribution in [-0.2, 0) is 14.8 Å². The average molecular weight is 195 g/mol. The Bertz CT molecular complexity index is 195. The van der Waals surface area contributed by atoms with Gasteiger partial charge in [-0.15, -0.1) is 0 Å². The molecule has 0 atom stereocenters. The molecule has 0 amide bonds. The van der Waals surface area contributed by atoms with Gasteiger partial charge in [0.1, 0.15) is 0 Å². The van der Waals surface area contributed by atoms with E-state index in [1.165, 1.54) is 10.6 Å². The van der Waals surface area contributed by atoms with Gasteiger partial charge in [0.05, 0.1) is 19.5 Å². The van der Waals surface area contributed by atoms with Crippen LogP contribution in [0.5, 0.6) is 0 Å². The predicted octanol–water partition coefficient (Wildman–Crippen LogP) is 0.304. The molecule has 0 aromatic carbocycles. The smallest absolute Gasteiger partial charge is 0.211 e. The van der Waals surface area contributed by atoms with Crippen molar-refractivity contribution in [3.8, 4) is 0 Å². The molecule has 0 spiro atoms. The molecule has 0 bridgehead atoms. The number of morpholine rings is 1. The van der Waals surface area contributed by atoms with Gasteiger partial charge in [0.15, 0.2) is 0 Å². The van der Waals surface area contributed by atoms with Crippen LogP contribution < -0.4 is 0 Å². The fraction of sp³-hybridized carbons (Fsp3) is 1.00. The summed E-state index contributed by atoms with van der Waals surface area (Å²) >= 11 is 0. The molecule has 0 N–H and O–H groups in total. The minimum absolute atomic E-state index is 0.499. The first-order chi connectivity index (χ1) is 5.61. The first-order valence-electron chi connectivity index (χ1n) is 4.13. The van der Waals surface area contributed by atoms with Gasteiger partial charge in [-0.2, -0.15) is 4.31 Å². The number of hydrogen-bond donors (Lipinski definition) is 0. The van der Waals surface area contributed by atoms with Crippen molar-refractivity contribution in [3.63, 3.8) is 0 Å². The van der Waals surface area contributed by atoms with E-state index >= 15 is 0 Å². The molecule has 12 heavy (non-hydrogen) atoms. The zero-order valence-corrected chi connectivity index (χ0v) is 8.73. The van der Waals surface area contributed by atoms with Crippen LogP contribution in [0.1, 0.15) is 13.8 Å². The lowest BCUT2D eigenvalue weighted by molar-refractivity contribution is 0.0733. The van der Waals surface area contributed by atoms with Crippen molar-refractivity contribution < 1.29 is 13.2 Å². The van der Waals surface area contributed by atoms with Crippen LogP contribution in [0.15, 0.2) is 0 Å². The monoisotopic (exact) mass is 195 g/mol. The van der Waals surface area contributed by atoms with Crippen LogP contribution in [0.4, 0.5) is 0 Å². The minimum atomic E-state index is -2.97. The summed E-state index contributed by atoms with van der Waals surface area (Å²) < 4.78 is 28.1. The maximum absolute atomic E-state index is 10.9. The standard InChI is InChI=1S/C5H11NO3S.C2H6/c1-10(7,8)6-2-4-9-5-3-6;1-2/h2-5H2,1H3;1-2H3. The maximum atomic E-state index is 10.9. The molecule has 0 saturated carbocycles. The van der Waals surface area contributed by atoms with Crippen molar-refractivity contribution in [1.82, 2.24) is 4.31 Å². The first-order valence-corrected chi connectivity index (χ1v) is 5.98. The van der Waals surface area contributed by atoms with Crippen molar-refractivity contribution >= 4 is 10.0 Å². The van der Waals surface area contributed by atoms with Crippen LogP contribution in [0.3, 0.4) is 0 Å². The van der Waals surface area contributed by atoms with E-state index in [0.717, 1.165) is 0 Å². The highest BCUT2D eigenvalue weighted by Crippen LogP contribution is 2.01. The van der Waals surface area contributed by atoms with Gasteiger partial charge in [0.25, 0.3) is 0 Å². The number of sulfonamides is 1.